The SMILES string of the molecule is O=C(NCCC1CCCO1)c1cnc(Cl)c(Cl)c1. The van der Waals surface area contributed by atoms with Crippen LogP contribution in [0.2, 0.25) is 10.2 Å². The Morgan fingerprint density at radius 1 is 1.56 bits per heavy atom. The molecular formula is C12H14Cl2N2O2. The number of amides is 1. The van der Waals surface area contributed by atoms with E-state index in [9.17, 15) is 4.79 Å². The Balaban J connectivity index is 1.81. The molecule has 0 aliphatic carbocycles. The fourth-order valence-electron chi connectivity index (χ4n) is 1.87. The predicted molar refractivity (Wildman–Crippen MR) is 70.2 cm³/mol. The van der Waals surface area contributed by atoms with Crippen LogP contribution in [0.3, 0.4) is 0 Å². The fourth-order valence-corrected chi connectivity index (χ4v) is 2.14. The van der Waals surface area contributed by atoms with Crippen LogP contribution in [0.4, 0.5) is 0 Å². The molecule has 0 bridgehead atoms. The van der Waals surface area contributed by atoms with Crippen molar-refractivity contribution in [1.29, 1.82) is 0 Å². The van der Waals surface area contributed by atoms with E-state index in [1.54, 1.807) is 0 Å². The first-order chi connectivity index (χ1) is 8.66. The average molecular weight is 289 g/mol. The molecule has 0 spiro atoms. The molecule has 1 fully saturated rings. The van der Waals surface area contributed by atoms with Crippen LogP contribution in [-0.2, 0) is 4.74 Å². The van der Waals surface area contributed by atoms with Gasteiger partial charge in [-0.2, -0.15) is 0 Å². The zero-order valence-electron chi connectivity index (χ0n) is 9.79. The van der Waals surface area contributed by atoms with Gasteiger partial charge in [0.2, 0.25) is 0 Å². The topological polar surface area (TPSA) is 51.2 Å². The van der Waals surface area contributed by atoms with Crippen molar-refractivity contribution in [2.75, 3.05) is 13.2 Å². The van der Waals surface area contributed by atoms with Crippen molar-refractivity contribution in [3.63, 3.8) is 0 Å². The highest BCUT2D eigenvalue weighted by atomic mass is 35.5. The lowest BCUT2D eigenvalue weighted by atomic mass is 10.2. The summed E-state index contributed by atoms with van der Waals surface area (Å²) in [5.41, 5.74) is 0.414. The van der Waals surface area contributed by atoms with Gasteiger partial charge in [0.15, 0.2) is 0 Å². The highest BCUT2D eigenvalue weighted by Crippen LogP contribution is 2.19. The molecule has 1 aliphatic rings. The van der Waals surface area contributed by atoms with Gasteiger partial charge in [0.1, 0.15) is 5.15 Å². The molecule has 0 radical (unpaired) electrons. The van der Waals surface area contributed by atoms with Crippen LogP contribution in [0.5, 0.6) is 0 Å². The van der Waals surface area contributed by atoms with E-state index in [2.05, 4.69) is 10.3 Å². The van der Waals surface area contributed by atoms with Gasteiger partial charge in [0.25, 0.3) is 5.91 Å². The van der Waals surface area contributed by atoms with Crippen LogP contribution in [0, 0.1) is 0 Å². The fraction of sp³-hybridized carbons (Fsp3) is 0.500. The molecule has 1 amide bonds. The van der Waals surface area contributed by atoms with E-state index in [1.165, 1.54) is 12.3 Å². The van der Waals surface area contributed by atoms with Crippen molar-refractivity contribution < 1.29 is 9.53 Å². The van der Waals surface area contributed by atoms with Gasteiger partial charge >= 0.3 is 0 Å². The zero-order chi connectivity index (χ0) is 13.0. The third-order valence-corrected chi connectivity index (χ3v) is 3.52. The van der Waals surface area contributed by atoms with Gasteiger partial charge in [-0.25, -0.2) is 4.98 Å². The molecule has 1 aromatic heterocycles. The van der Waals surface area contributed by atoms with Gasteiger partial charge in [0, 0.05) is 19.3 Å². The van der Waals surface area contributed by atoms with Crippen molar-refractivity contribution in [2.45, 2.75) is 25.4 Å². The first-order valence-corrected chi connectivity index (χ1v) is 6.63. The van der Waals surface area contributed by atoms with Gasteiger partial charge in [-0.3, -0.25) is 4.79 Å². The van der Waals surface area contributed by atoms with Gasteiger partial charge in [-0.05, 0) is 25.3 Å². The van der Waals surface area contributed by atoms with E-state index in [0.29, 0.717) is 12.1 Å². The highest BCUT2D eigenvalue weighted by molar-refractivity contribution is 6.41. The summed E-state index contributed by atoms with van der Waals surface area (Å²) in [5, 5.41) is 3.29. The minimum atomic E-state index is -0.195. The van der Waals surface area contributed by atoms with E-state index >= 15 is 0 Å². The quantitative estimate of drug-likeness (QED) is 0.867. The summed E-state index contributed by atoms with van der Waals surface area (Å²) in [5.74, 6) is -0.195. The summed E-state index contributed by atoms with van der Waals surface area (Å²) >= 11 is 11.5. The smallest absolute Gasteiger partial charge is 0.252 e. The van der Waals surface area contributed by atoms with Crippen LogP contribution in [-0.4, -0.2) is 30.1 Å². The van der Waals surface area contributed by atoms with E-state index in [4.69, 9.17) is 27.9 Å². The molecule has 6 heteroatoms. The maximum atomic E-state index is 11.8. The minimum absolute atomic E-state index is 0.195. The molecule has 1 atom stereocenters. The van der Waals surface area contributed by atoms with Crippen molar-refractivity contribution in [3.05, 3.63) is 28.0 Å². The zero-order valence-corrected chi connectivity index (χ0v) is 11.3. The van der Waals surface area contributed by atoms with Crippen LogP contribution in [0.1, 0.15) is 29.6 Å². The number of ether oxygens (including phenoxy) is 1. The third kappa shape index (κ3) is 3.57. The standard InChI is InChI=1S/C12H14Cl2N2O2/c13-10-6-8(7-16-11(10)14)12(17)15-4-3-9-2-1-5-18-9/h6-7,9H,1-5H2,(H,15,17). The summed E-state index contributed by atoms with van der Waals surface area (Å²) in [6, 6.07) is 1.51. The number of nitrogens with one attached hydrogen (secondary N) is 1. The lowest BCUT2D eigenvalue weighted by molar-refractivity contribution is 0.0907. The van der Waals surface area contributed by atoms with Gasteiger partial charge in [0.05, 0.1) is 16.7 Å². The predicted octanol–water partition coefficient (Wildman–Crippen LogP) is 2.69. The third-order valence-electron chi connectivity index (χ3n) is 2.83. The van der Waals surface area contributed by atoms with Crippen molar-refractivity contribution >= 4 is 29.1 Å². The Labute approximate surface area is 116 Å². The lowest BCUT2D eigenvalue weighted by Crippen LogP contribution is -2.27. The summed E-state index contributed by atoms with van der Waals surface area (Å²) in [7, 11) is 0. The second-order valence-electron chi connectivity index (χ2n) is 4.18. The number of pyridine rings is 1. The van der Waals surface area contributed by atoms with E-state index in [0.717, 1.165) is 25.9 Å². The molecule has 18 heavy (non-hydrogen) atoms. The molecule has 2 rings (SSSR count). The van der Waals surface area contributed by atoms with E-state index in [1.807, 2.05) is 0 Å². The number of hydrogen-bond donors (Lipinski definition) is 1. The molecule has 1 saturated heterocycles. The maximum absolute atomic E-state index is 11.8. The molecule has 98 valence electrons. The number of carbonyl (C=O) groups is 1. The number of nitrogens with zero attached hydrogens (tertiary/aromatic N) is 1. The Kier molecular flexibility index (Phi) is 4.80. The first-order valence-electron chi connectivity index (χ1n) is 5.87. The van der Waals surface area contributed by atoms with Gasteiger partial charge in [-0.15, -0.1) is 0 Å². The molecule has 2 heterocycles. The van der Waals surface area contributed by atoms with Gasteiger partial charge in [-0.1, -0.05) is 23.2 Å². The second-order valence-corrected chi connectivity index (χ2v) is 4.94. The largest absolute Gasteiger partial charge is 0.378 e. The first kappa shape index (κ1) is 13.6. The minimum Gasteiger partial charge on any atom is -0.378 e. The monoisotopic (exact) mass is 288 g/mol. The molecule has 0 aromatic carbocycles. The summed E-state index contributed by atoms with van der Waals surface area (Å²) in [6.45, 7) is 1.42. The van der Waals surface area contributed by atoms with Crippen molar-refractivity contribution in [2.24, 2.45) is 0 Å². The number of aromatic nitrogens is 1. The lowest BCUT2D eigenvalue weighted by Gasteiger charge is -2.10. The Hall–Kier alpha value is -0.840. The molecule has 0 saturated carbocycles. The molecular weight excluding hydrogens is 275 g/mol. The van der Waals surface area contributed by atoms with E-state index in [-0.39, 0.29) is 22.2 Å². The molecule has 1 aliphatic heterocycles. The molecule has 1 unspecified atom stereocenters. The summed E-state index contributed by atoms with van der Waals surface area (Å²) in [4.78, 5) is 15.6. The maximum Gasteiger partial charge on any atom is 0.252 e. The number of carbonyl (C=O) groups excluding carboxylic acids is 1. The van der Waals surface area contributed by atoms with Crippen molar-refractivity contribution in [3.8, 4) is 0 Å². The summed E-state index contributed by atoms with van der Waals surface area (Å²) in [6.07, 6.45) is 4.70. The Bertz CT molecular complexity index is 434. The van der Waals surface area contributed by atoms with Crippen LogP contribution >= 0.6 is 23.2 Å². The van der Waals surface area contributed by atoms with Crippen LogP contribution in [0.15, 0.2) is 12.3 Å². The van der Waals surface area contributed by atoms with E-state index < -0.39 is 0 Å². The molecule has 1 aromatic rings. The van der Waals surface area contributed by atoms with Crippen molar-refractivity contribution in [1.82, 2.24) is 10.3 Å². The number of hydrogen-bond acceptors (Lipinski definition) is 3. The summed E-state index contributed by atoms with van der Waals surface area (Å²) < 4.78 is 5.47. The van der Waals surface area contributed by atoms with Gasteiger partial charge < -0.3 is 10.1 Å². The molecule has 1 N–H and O–H groups in total. The van der Waals surface area contributed by atoms with Crippen LogP contribution < -0.4 is 5.32 Å². The average Bonchev–Trinajstić information content (AvgIpc) is 2.85. The highest BCUT2D eigenvalue weighted by Gasteiger charge is 2.15. The molecule has 4 nitrogen and oxygen atoms in total. The Morgan fingerprint density at radius 2 is 2.39 bits per heavy atom. The number of rotatable bonds is 4. The van der Waals surface area contributed by atoms with Crippen LogP contribution in [0.25, 0.3) is 0 Å². The Morgan fingerprint density at radius 3 is 3.06 bits per heavy atom. The number of halogens is 2. The second kappa shape index (κ2) is 6.36. The normalized spacial score (nSPS) is 18.9.